The minimum absolute atomic E-state index is 0.190. The highest BCUT2D eigenvalue weighted by Crippen LogP contribution is 2.23. The number of carboxylic acid groups (broad SMARTS) is 1. The van der Waals surface area contributed by atoms with Crippen LogP contribution in [0.15, 0.2) is 30.7 Å². The van der Waals surface area contributed by atoms with Crippen molar-refractivity contribution in [1.82, 2.24) is 9.55 Å². The van der Waals surface area contributed by atoms with Crippen LogP contribution in [0.1, 0.15) is 11.1 Å². The highest BCUT2D eigenvalue weighted by molar-refractivity contribution is 5.61. The zero-order valence-electron chi connectivity index (χ0n) is 9.54. The van der Waals surface area contributed by atoms with E-state index in [1.54, 1.807) is 4.57 Å². The Balaban J connectivity index is 2.53. The molecule has 0 atom stereocenters. The molecule has 0 aliphatic heterocycles. The molecule has 1 heterocycles. The number of carbonyl (C=O) groups is 1. The van der Waals surface area contributed by atoms with Gasteiger partial charge in [0.25, 0.3) is 0 Å². The number of imidazole rings is 1. The van der Waals surface area contributed by atoms with Crippen molar-refractivity contribution in [2.75, 3.05) is 0 Å². The molecule has 88 valence electrons. The van der Waals surface area contributed by atoms with Gasteiger partial charge < -0.3 is 9.84 Å². The number of hydrogen-bond acceptors (Lipinski definition) is 3. The monoisotopic (exact) mass is 232 g/mol. The fourth-order valence-corrected chi connectivity index (χ4v) is 1.80. The second kappa shape index (κ2) is 4.29. The zero-order valence-corrected chi connectivity index (χ0v) is 9.54. The Labute approximate surface area is 98.3 Å². The third-order valence-electron chi connectivity index (χ3n) is 2.48. The van der Waals surface area contributed by atoms with Crippen LogP contribution < -0.4 is 4.74 Å². The maximum atomic E-state index is 10.6. The van der Waals surface area contributed by atoms with Gasteiger partial charge in [-0.25, -0.2) is 9.78 Å². The Morgan fingerprint density at radius 3 is 2.59 bits per heavy atom. The third kappa shape index (κ3) is 2.13. The predicted molar refractivity (Wildman–Crippen MR) is 61.7 cm³/mol. The standard InChI is InChI=1S/C12H12N2O3/c1-8-4-3-5-9(2)11(8)14-7-13-6-10(14)17-12(15)16/h3-7H,1-2H3,(H,15,16). The lowest BCUT2D eigenvalue weighted by Crippen LogP contribution is -2.08. The number of hydrogen-bond donors (Lipinski definition) is 1. The van der Waals surface area contributed by atoms with Crippen molar-refractivity contribution in [3.05, 3.63) is 41.9 Å². The van der Waals surface area contributed by atoms with Crippen LogP contribution in [0, 0.1) is 13.8 Å². The van der Waals surface area contributed by atoms with Crippen molar-refractivity contribution in [1.29, 1.82) is 0 Å². The normalized spacial score (nSPS) is 10.2. The van der Waals surface area contributed by atoms with Crippen molar-refractivity contribution >= 4 is 6.16 Å². The predicted octanol–water partition coefficient (Wildman–Crippen LogP) is 2.55. The minimum Gasteiger partial charge on any atom is -0.449 e. The van der Waals surface area contributed by atoms with Crippen LogP contribution in [0.3, 0.4) is 0 Å². The van der Waals surface area contributed by atoms with Crippen molar-refractivity contribution < 1.29 is 14.6 Å². The molecular formula is C12H12N2O3. The van der Waals surface area contributed by atoms with Crippen LogP contribution in [0.25, 0.3) is 5.69 Å². The van der Waals surface area contributed by atoms with Crippen molar-refractivity contribution in [2.45, 2.75) is 13.8 Å². The van der Waals surface area contributed by atoms with Crippen LogP contribution in [0.4, 0.5) is 4.79 Å². The molecule has 5 heteroatoms. The summed E-state index contributed by atoms with van der Waals surface area (Å²) in [5, 5.41) is 8.63. The maximum Gasteiger partial charge on any atom is 0.512 e. The fraction of sp³-hybridized carbons (Fsp3) is 0.167. The molecule has 0 unspecified atom stereocenters. The Hall–Kier alpha value is -2.30. The molecule has 2 rings (SSSR count). The van der Waals surface area contributed by atoms with Gasteiger partial charge in [-0.2, -0.15) is 0 Å². The highest BCUT2D eigenvalue weighted by Gasteiger charge is 2.12. The number of rotatable bonds is 2. The minimum atomic E-state index is -1.35. The molecule has 0 saturated carbocycles. The smallest absolute Gasteiger partial charge is 0.449 e. The molecule has 0 saturated heterocycles. The number of aryl methyl sites for hydroxylation is 2. The van der Waals surface area contributed by atoms with E-state index in [0.29, 0.717) is 0 Å². The number of nitrogens with zero attached hydrogens (tertiary/aromatic N) is 2. The number of ether oxygens (including phenoxy) is 1. The molecule has 0 radical (unpaired) electrons. The van der Waals surface area contributed by atoms with Gasteiger partial charge in [0.15, 0.2) is 0 Å². The van der Waals surface area contributed by atoms with E-state index < -0.39 is 6.16 Å². The van der Waals surface area contributed by atoms with Crippen LogP contribution in [-0.2, 0) is 0 Å². The molecule has 1 aromatic heterocycles. The van der Waals surface area contributed by atoms with Crippen LogP contribution in [0.2, 0.25) is 0 Å². The number of para-hydroxylation sites is 1. The Morgan fingerprint density at radius 1 is 1.35 bits per heavy atom. The molecule has 0 fully saturated rings. The SMILES string of the molecule is Cc1cccc(C)c1-n1cncc1OC(=O)O. The maximum absolute atomic E-state index is 10.6. The van der Waals surface area contributed by atoms with Crippen molar-refractivity contribution in [3.8, 4) is 11.6 Å². The third-order valence-corrected chi connectivity index (χ3v) is 2.48. The highest BCUT2D eigenvalue weighted by atomic mass is 16.7. The van der Waals surface area contributed by atoms with E-state index in [4.69, 9.17) is 5.11 Å². The van der Waals surface area contributed by atoms with Crippen LogP contribution in [0.5, 0.6) is 5.88 Å². The Morgan fingerprint density at radius 2 is 2.00 bits per heavy atom. The molecule has 1 aromatic carbocycles. The summed E-state index contributed by atoms with van der Waals surface area (Å²) in [5.41, 5.74) is 2.94. The average Bonchev–Trinajstić information content (AvgIpc) is 2.65. The van der Waals surface area contributed by atoms with Gasteiger partial charge in [-0.15, -0.1) is 0 Å². The second-order valence-corrected chi connectivity index (χ2v) is 3.71. The van der Waals surface area contributed by atoms with Gasteiger partial charge in [-0.05, 0) is 25.0 Å². The van der Waals surface area contributed by atoms with Gasteiger partial charge >= 0.3 is 6.16 Å². The van der Waals surface area contributed by atoms with Crippen LogP contribution in [-0.4, -0.2) is 20.8 Å². The average molecular weight is 232 g/mol. The second-order valence-electron chi connectivity index (χ2n) is 3.71. The molecule has 2 aromatic rings. The van der Waals surface area contributed by atoms with Crippen molar-refractivity contribution in [3.63, 3.8) is 0 Å². The fourth-order valence-electron chi connectivity index (χ4n) is 1.80. The number of aromatic nitrogens is 2. The lowest BCUT2D eigenvalue weighted by Gasteiger charge is -2.12. The van der Waals surface area contributed by atoms with Gasteiger partial charge in [0.05, 0.1) is 11.9 Å². The lowest BCUT2D eigenvalue weighted by molar-refractivity contribution is 0.141. The van der Waals surface area contributed by atoms with Gasteiger partial charge in [0.1, 0.15) is 6.33 Å². The summed E-state index contributed by atoms with van der Waals surface area (Å²) in [7, 11) is 0. The molecule has 1 N–H and O–H groups in total. The quantitative estimate of drug-likeness (QED) is 0.808. The number of benzene rings is 1. The molecule has 0 bridgehead atoms. The van der Waals surface area contributed by atoms with E-state index in [1.807, 2.05) is 32.0 Å². The first-order valence-corrected chi connectivity index (χ1v) is 5.09. The van der Waals surface area contributed by atoms with E-state index in [1.165, 1.54) is 12.5 Å². The summed E-state index contributed by atoms with van der Waals surface area (Å²) in [6, 6.07) is 5.85. The molecule has 0 aliphatic rings. The van der Waals surface area contributed by atoms with E-state index >= 15 is 0 Å². The Bertz CT molecular complexity index is 540. The largest absolute Gasteiger partial charge is 0.512 e. The van der Waals surface area contributed by atoms with E-state index in [-0.39, 0.29) is 5.88 Å². The molecule has 17 heavy (non-hydrogen) atoms. The first-order valence-electron chi connectivity index (χ1n) is 5.09. The van der Waals surface area contributed by atoms with E-state index in [0.717, 1.165) is 16.8 Å². The van der Waals surface area contributed by atoms with E-state index in [2.05, 4.69) is 9.72 Å². The first-order chi connectivity index (χ1) is 8.09. The van der Waals surface area contributed by atoms with Gasteiger partial charge in [0.2, 0.25) is 5.88 Å². The molecule has 0 aliphatic carbocycles. The molecule has 0 spiro atoms. The summed E-state index contributed by atoms with van der Waals surface area (Å²) in [6.45, 7) is 3.90. The van der Waals surface area contributed by atoms with Gasteiger partial charge in [-0.3, -0.25) is 4.57 Å². The van der Waals surface area contributed by atoms with Gasteiger partial charge in [0, 0.05) is 0 Å². The van der Waals surface area contributed by atoms with Gasteiger partial charge in [-0.1, -0.05) is 18.2 Å². The molecule has 5 nitrogen and oxygen atoms in total. The van der Waals surface area contributed by atoms with Crippen LogP contribution >= 0.6 is 0 Å². The topological polar surface area (TPSA) is 64.4 Å². The summed E-state index contributed by atoms with van der Waals surface area (Å²) in [6.07, 6.45) is 1.56. The molecular weight excluding hydrogens is 220 g/mol. The van der Waals surface area contributed by atoms with Crippen molar-refractivity contribution in [2.24, 2.45) is 0 Å². The Kier molecular flexibility index (Phi) is 2.82. The first kappa shape index (κ1) is 11.2. The summed E-state index contributed by atoms with van der Waals surface area (Å²) in [5.74, 6) is 0.190. The lowest BCUT2D eigenvalue weighted by atomic mass is 10.1. The summed E-state index contributed by atoms with van der Waals surface area (Å²) < 4.78 is 6.29. The summed E-state index contributed by atoms with van der Waals surface area (Å²) >= 11 is 0. The molecule has 0 amide bonds. The zero-order chi connectivity index (χ0) is 12.4. The van der Waals surface area contributed by atoms with E-state index in [9.17, 15) is 4.79 Å². The summed E-state index contributed by atoms with van der Waals surface area (Å²) in [4.78, 5) is 14.5.